The maximum Gasteiger partial charge on any atom is 0.246 e. The first kappa shape index (κ1) is 18.6. The summed E-state index contributed by atoms with van der Waals surface area (Å²) in [4.78, 5) is 14.2. The van der Waals surface area contributed by atoms with Gasteiger partial charge in [0.2, 0.25) is 5.91 Å². The summed E-state index contributed by atoms with van der Waals surface area (Å²) in [6, 6.07) is 3.70. The SMILES string of the molecule is COc1cc(C=CC(=O)N2CCCC2CN)cc(Cl)c1OC(C)C. The standard InChI is InChI=1S/C18H25ClN2O3/c1-12(2)24-18-15(19)9-13(10-16(18)23-3)6-7-17(22)21-8-4-5-14(21)11-20/h6-7,9-10,12,14H,4-5,8,11,20H2,1-3H3. The van der Waals surface area contributed by atoms with Crippen molar-refractivity contribution < 1.29 is 14.3 Å². The van der Waals surface area contributed by atoms with E-state index >= 15 is 0 Å². The van der Waals surface area contributed by atoms with Crippen LogP contribution in [0.1, 0.15) is 32.3 Å². The summed E-state index contributed by atoms with van der Waals surface area (Å²) in [5.41, 5.74) is 6.50. The van der Waals surface area contributed by atoms with Crippen LogP contribution in [0.4, 0.5) is 0 Å². The van der Waals surface area contributed by atoms with Gasteiger partial charge in [0.25, 0.3) is 0 Å². The average molecular weight is 353 g/mol. The fraction of sp³-hybridized carbons (Fsp3) is 0.500. The molecule has 0 saturated carbocycles. The Hall–Kier alpha value is -1.72. The van der Waals surface area contributed by atoms with Crippen LogP contribution < -0.4 is 15.2 Å². The number of hydrogen-bond donors (Lipinski definition) is 1. The van der Waals surface area contributed by atoms with Crippen molar-refractivity contribution in [3.63, 3.8) is 0 Å². The smallest absolute Gasteiger partial charge is 0.246 e. The highest BCUT2D eigenvalue weighted by Crippen LogP contribution is 2.37. The van der Waals surface area contributed by atoms with Crippen LogP contribution in [0.3, 0.4) is 0 Å². The van der Waals surface area contributed by atoms with Crippen molar-refractivity contribution in [3.8, 4) is 11.5 Å². The Morgan fingerprint density at radius 3 is 2.88 bits per heavy atom. The summed E-state index contributed by atoms with van der Waals surface area (Å²) in [6.45, 7) is 5.11. The van der Waals surface area contributed by atoms with E-state index in [-0.39, 0.29) is 18.1 Å². The second-order valence-electron chi connectivity index (χ2n) is 6.10. The van der Waals surface area contributed by atoms with Gasteiger partial charge in [-0.3, -0.25) is 4.79 Å². The van der Waals surface area contributed by atoms with E-state index in [1.54, 1.807) is 31.4 Å². The zero-order valence-corrected chi connectivity index (χ0v) is 15.2. The average Bonchev–Trinajstić information content (AvgIpc) is 3.03. The van der Waals surface area contributed by atoms with Crippen molar-refractivity contribution in [1.29, 1.82) is 0 Å². The molecule has 0 spiro atoms. The van der Waals surface area contributed by atoms with Crippen LogP contribution in [0.5, 0.6) is 11.5 Å². The van der Waals surface area contributed by atoms with Crippen LogP contribution in [-0.2, 0) is 4.79 Å². The fourth-order valence-corrected chi connectivity index (χ4v) is 3.08. The number of ether oxygens (including phenoxy) is 2. The topological polar surface area (TPSA) is 64.8 Å². The Morgan fingerprint density at radius 1 is 1.50 bits per heavy atom. The Labute approximate surface area is 148 Å². The zero-order chi connectivity index (χ0) is 17.7. The van der Waals surface area contributed by atoms with Gasteiger partial charge in [0.15, 0.2) is 11.5 Å². The van der Waals surface area contributed by atoms with Crippen molar-refractivity contribution in [3.05, 3.63) is 28.8 Å². The predicted octanol–water partition coefficient (Wildman–Crippen LogP) is 3.10. The van der Waals surface area contributed by atoms with Gasteiger partial charge in [-0.25, -0.2) is 0 Å². The quantitative estimate of drug-likeness (QED) is 0.799. The highest BCUT2D eigenvalue weighted by atomic mass is 35.5. The second-order valence-corrected chi connectivity index (χ2v) is 6.50. The number of nitrogens with zero attached hydrogens (tertiary/aromatic N) is 1. The third kappa shape index (κ3) is 4.42. The summed E-state index contributed by atoms with van der Waals surface area (Å²) in [5.74, 6) is 1.03. The van der Waals surface area contributed by atoms with Gasteiger partial charge in [0.05, 0.1) is 18.2 Å². The van der Waals surface area contributed by atoms with Crippen molar-refractivity contribution >= 4 is 23.6 Å². The minimum absolute atomic E-state index is 0.0114. The van der Waals surface area contributed by atoms with Gasteiger partial charge in [0, 0.05) is 25.2 Å². The van der Waals surface area contributed by atoms with Gasteiger partial charge in [-0.2, -0.15) is 0 Å². The molecule has 1 unspecified atom stereocenters. The van der Waals surface area contributed by atoms with E-state index in [9.17, 15) is 4.79 Å². The van der Waals surface area contributed by atoms with Crippen molar-refractivity contribution in [1.82, 2.24) is 4.90 Å². The first-order valence-electron chi connectivity index (χ1n) is 8.19. The van der Waals surface area contributed by atoms with Gasteiger partial charge in [0.1, 0.15) is 0 Å². The van der Waals surface area contributed by atoms with Crippen LogP contribution in [0.15, 0.2) is 18.2 Å². The van der Waals surface area contributed by atoms with Gasteiger partial charge in [-0.05, 0) is 50.5 Å². The van der Waals surface area contributed by atoms with E-state index < -0.39 is 0 Å². The largest absolute Gasteiger partial charge is 0.493 e. The lowest BCUT2D eigenvalue weighted by atomic mass is 10.1. The van der Waals surface area contributed by atoms with Crippen molar-refractivity contribution in [2.75, 3.05) is 20.2 Å². The molecule has 1 fully saturated rings. The highest BCUT2D eigenvalue weighted by molar-refractivity contribution is 6.32. The molecule has 1 aliphatic heterocycles. The van der Waals surface area contributed by atoms with Crippen LogP contribution in [0.25, 0.3) is 6.08 Å². The Balaban J connectivity index is 2.17. The summed E-state index contributed by atoms with van der Waals surface area (Å²) in [5, 5.41) is 0.455. The summed E-state index contributed by atoms with van der Waals surface area (Å²) >= 11 is 6.29. The number of hydrogen-bond acceptors (Lipinski definition) is 4. The molecule has 2 rings (SSSR count). The lowest BCUT2D eigenvalue weighted by Gasteiger charge is -2.21. The molecular weight excluding hydrogens is 328 g/mol. The molecule has 24 heavy (non-hydrogen) atoms. The molecule has 1 aliphatic rings. The third-order valence-corrected chi connectivity index (χ3v) is 4.24. The van der Waals surface area contributed by atoms with E-state index in [0.29, 0.717) is 23.1 Å². The number of rotatable bonds is 6. The van der Waals surface area contributed by atoms with Gasteiger partial charge in [-0.1, -0.05) is 11.6 Å². The third-order valence-electron chi connectivity index (χ3n) is 3.96. The molecule has 0 radical (unpaired) electrons. The first-order valence-corrected chi connectivity index (χ1v) is 8.57. The molecule has 132 valence electrons. The van der Waals surface area contributed by atoms with Crippen LogP contribution in [0, 0.1) is 0 Å². The molecule has 0 bridgehead atoms. The zero-order valence-electron chi connectivity index (χ0n) is 14.4. The summed E-state index contributed by atoms with van der Waals surface area (Å²) in [6.07, 6.45) is 5.26. The number of carbonyl (C=O) groups excluding carboxylic acids is 1. The monoisotopic (exact) mass is 352 g/mol. The molecule has 1 heterocycles. The van der Waals surface area contributed by atoms with Crippen LogP contribution >= 0.6 is 11.6 Å². The van der Waals surface area contributed by atoms with Gasteiger partial charge < -0.3 is 20.1 Å². The number of methoxy groups -OCH3 is 1. The number of carbonyl (C=O) groups is 1. The molecule has 1 aromatic carbocycles. The summed E-state index contributed by atoms with van der Waals surface area (Å²) < 4.78 is 11.0. The normalized spacial score (nSPS) is 17.8. The molecule has 0 aromatic heterocycles. The maximum atomic E-state index is 12.3. The Kier molecular flexibility index (Phi) is 6.52. The van der Waals surface area contributed by atoms with E-state index in [4.69, 9.17) is 26.8 Å². The number of halogens is 1. The second kappa shape index (κ2) is 8.40. The molecular formula is C18H25ClN2O3. The molecule has 5 nitrogen and oxygen atoms in total. The number of nitrogens with two attached hydrogens (primary N) is 1. The molecule has 0 aliphatic carbocycles. The predicted molar refractivity (Wildman–Crippen MR) is 96.6 cm³/mol. The van der Waals surface area contributed by atoms with E-state index in [1.807, 2.05) is 18.7 Å². The van der Waals surface area contributed by atoms with E-state index in [1.165, 1.54) is 0 Å². The molecule has 6 heteroatoms. The highest BCUT2D eigenvalue weighted by Gasteiger charge is 2.25. The van der Waals surface area contributed by atoms with Crippen LogP contribution in [0.2, 0.25) is 5.02 Å². The minimum atomic E-state index is -0.0273. The first-order chi connectivity index (χ1) is 11.5. The maximum absolute atomic E-state index is 12.3. The fourth-order valence-electron chi connectivity index (χ4n) is 2.82. The molecule has 1 atom stereocenters. The minimum Gasteiger partial charge on any atom is -0.493 e. The van der Waals surface area contributed by atoms with Crippen molar-refractivity contribution in [2.24, 2.45) is 5.73 Å². The molecule has 1 saturated heterocycles. The van der Waals surface area contributed by atoms with E-state index in [2.05, 4.69) is 0 Å². The Morgan fingerprint density at radius 2 is 2.25 bits per heavy atom. The number of amides is 1. The number of likely N-dealkylation sites (tertiary alicyclic amines) is 1. The molecule has 1 aromatic rings. The van der Waals surface area contributed by atoms with Gasteiger partial charge >= 0.3 is 0 Å². The summed E-state index contributed by atoms with van der Waals surface area (Å²) in [7, 11) is 1.56. The molecule has 1 amide bonds. The Bertz CT molecular complexity index is 617. The molecule has 2 N–H and O–H groups in total. The van der Waals surface area contributed by atoms with Crippen molar-refractivity contribution in [2.45, 2.75) is 38.8 Å². The van der Waals surface area contributed by atoms with E-state index in [0.717, 1.165) is 24.9 Å². The lowest BCUT2D eigenvalue weighted by Crippen LogP contribution is -2.38. The lowest BCUT2D eigenvalue weighted by molar-refractivity contribution is -0.126. The van der Waals surface area contributed by atoms with Gasteiger partial charge in [-0.15, -0.1) is 0 Å². The number of benzene rings is 1. The van der Waals surface area contributed by atoms with Crippen LogP contribution in [-0.4, -0.2) is 43.2 Å².